The summed E-state index contributed by atoms with van der Waals surface area (Å²) in [6, 6.07) is 2.11. The molecule has 0 amide bonds. The molecular weight excluding hydrogens is 216 g/mol. The summed E-state index contributed by atoms with van der Waals surface area (Å²) in [5.41, 5.74) is 1.29. The third-order valence-electron chi connectivity index (χ3n) is 2.14. The van der Waals surface area contributed by atoms with Gasteiger partial charge in [-0.3, -0.25) is 0 Å². The maximum absolute atomic E-state index is 8.58. The van der Waals surface area contributed by atoms with Crippen molar-refractivity contribution in [3.8, 4) is 0 Å². The lowest BCUT2D eigenvalue weighted by Gasteiger charge is -2.14. The van der Waals surface area contributed by atoms with Crippen LogP contribution in [-0.4, -0.2) is 10.3 Å². The van der Waals surface area contributed by atoms with Gasteiger partial charge in [0.05, 0.1) is 5.76 Å². The Hall–Kier alpha value is -0.450. The minimum absolute atomic E-state index is 0.705. The summed E-state index contributed by atoms with van der Waals surface area (Å²) in [6.07, 6.45) is 4.00. The molecule has 0 radical (unpaired) electrons. The largest absolute Gasteiger partial charge is 0.493 e. The van der Waals surface area contributed by atoms with E-state index in [1.807, 2.05) is 0 Å². The van der Waals surface area contributed by atoms with Gasteiger partial charge in [0.2, 0.25) is 0 Å². The molecule has 14 heavy (non-hydrogen) atoms. The maximum Gasteiger partial charge on any atom is 0.114 e. The van der Waals surface area contributed by atoms with Gasteiger partial charge in [-0.2, -0.15) is 0 Å². The summed E-state index contributed by atoms with van der Waals surface area (Å²) in [5, 5.41) is 2.09. The Labute approximate surface area is 91.8 Å². The van der Waals surface area contributed by atoms with Crippen molar-refractivity contribution in [1.82, 2.24) is 0 Å². The van der Waals surface area contributed by atoms with E-state index < -0.39 is 0 Å². The molecule has 76 valence electrons. The van der Waals surface area contributed by atoms with Gasteiger partial charge in [-0.1, -0.05) is 0 Å². The molecule has 0 saturated heterocycles. The van der Waals surface area contributed by atoms with E-state index in [1.165, 1.54) is 10.4 Å². The van der Waals surface area contributed by atoms with Gasteiger partial charge < -0.3 is 9.29 Å². The molecule has 0 bridgehead atoms. The van der Waals surface area contributed by atoms with E-state index in [1.54, 1.807) is 11.3 Å². The molecule has 1 N–H and O–H groups in total. The summed E-state index contributed by atoms with van der Waals surface area (Å²) >= 11 is 2.65. The molecule has 1 aromatic rings. The average Bonchev–Trinajstić information content (AvgIpc) is 2.65. The van der Waals surface area contributed by atoms with Crippen LogP contribution < -0.4 is 0 Å². The summed E-state index contributed by atoms with van der Waals surface area (Å²) in [4.78, 5) is 1.32. The van der Waals surface area contributed by atoms with Gasteiger partial charge in [-0.15, -0.1) is 11.3 Å². The molecular formula is C10H12O2S2. The van der Waals surface area contributed by atoms with Crippen molar-refractivity contribution in [1.29, 1.82) is 0 Å². The van der Waals surface area contributed by atoms with Crippen LogP contribution >= 0.6 is 23.4 Å². The minimum atomic E-state index is 0.705. The molecule has 1 aromatic heterocycles. The molecule has 0 aliphatic carbocycles. The Bertz CT molecular complexity index is 331. The molecule has 0 saturated carbocycles. The lowest BCUT2D eigenvalue weighted by atomic mass is 10.2. The normalized spacial score (nSPS) is 14.5. The molecule has 0 spiro atoms. The first-order valence-corrected chi connectivity index (χ1v) is 6.38. The monoisotopic (exact) mass is 228 g/mol. The molecule has 0 unspecified atom stereocenters. The van der Waals surface area contributed by atoms with Crippen molar-refractivity contribution in [2.75, 3.05) is 5.75 Å². The highest BCUT2D eigenvalue weighted by Gasteiger charge is 2.11. The molecule has 2 heterocycles. The van der Waals surface area contributed by atoms with Gasteiger partial charge in [-0.05, 0) is 36.0 Å². The van der Waals surface area contributed by atoms with E-state index in [0.717, 1.165) is 36.4 Å². The van der Waals surface area contributed by atoms with Crippen molar-refractivity contribution in [3.63, 3.8) is 0 Å². The second-order valence-corrected chi connectivity index (χ2v) is 4.76. The Balaban J connectivity index is 1.96. The van der Waals surface area contributed by atoms with Crippen molar-refractivity contribution in [2.24, 2.45) is 0 Å². The van der Waals surface area contributed by atoms with Crippen LogP contribution in [-0.2, 0) is 11.3 Å². The van der Waals surface area contributed by atoms with Crippen molar-refractivity contribution < 1.29 is 9.29 Å². The van der Waals surface area contributed by atoms with Crippen LogP contribution in [0.2, 0.25) is 0 Å². The zero-order valence-corrected chi connectivity index (χ0v) is 9.37. The number of hydrogen-bond donors (Lipinski definition) is 1. The lowest BCUT2D eigenvalue weighted by molar-refractivity contribution is 0.188. The van der Waals surface area contributed by atoms with E-state index in [-0.39, 0.29) is 0 Å². The van der Waals surface area contributed by atoms with E-state index >= 15 is 0 Å². The Morgan fingerprint density at radius 2 is 2.50 bits per heavy atom. The van der Waals surface area contributed by atoms with Crippen LogP contribution in [0, 0.1) is 0 Å². The lowest BCUT2D eigenvalue weighted by Crippen LogP contribution is -2.00. The molecule has 2 nitrogen and oxygen atoms in total. The Morgan fingerprint density at radius 1 is 1.57 bits per heavy atom. The van der Waals surface area contributed by atoms with E-state index in [4.69, 9.17) is 9.29 Å². The first-order valence-electron chi connectivity index (χ1n) is 4.56. The van der Waals surface area contributed by atoms with Crippen molar-refractivity contribution in [3.05, 3.63) is 27.6 Å². The Morgan fingerprint density at radius 3 is 3.36 bits per heavy atom. The van der Waals surface area contributed by atoms with Gasteiger partial charge in [-0.25, -0.2) is 0 Å². The second kappa shape index (κ2) is 4.87. The van der Waals surface area contributed by atoms with Crippen LogP contribution in [0.4, 0.5) is 0 Å². The van der Waals surface area contributed by atoms with E-state index in [2.05, 4.69) is 17.5 Å². The summed E-state index contributed by atoms with van der Waals surface area (Å²) in [7, 11) is 0. The Kier molecular flexibility index (Phi) is 3.50. The fraction of sp³-hybridized carbons (Fsp3) is 0.400. The van der Waals surface area contributed by atoms with Gasteiger partial charge in [0, 0.05) is 22.6 Å². The molecule has 1 aliphatic heterocycles. The summed E-state index contributed by atoms with van der Waals surface area (Å²) in [6.45, 7) is 0.705. The van der Waals surface area contributed by atoms with Crippen LogP contribution in [0.1, 0.15) is 23.3 Å². The topological polar surface area (TPSA) is 29.5 Å². The number of rotatable bonds is 4. The number of hydrogen-bond acceptors (Lipinski definition) is 4. The van der Waals surface area contributed by atoms with Gasteiger partial charge >= 0.3 is 0 Å². The molecule has 0 atom stereocenters. The molecule has 4 heteroatoms. The van der Waals surface area contributed by atoms with Crippen molar-refractivity contribution in [2.45, 2.75) is 19.4 Å². The molecule has 2 rings (SSSR count). The number of ether oxygens (including phenoxy) is 1. The van der Waals surface area contributed by atoms with E-state index in [0.29, 0.717) is 6.61 Å². The third-order valence-corrected chi connectivity index (χ3v) is 3.52. The zero-order chi connectivity index (χ0) is 9.80. The standard InChI is InChI=1S/C10H12O2S2/c11-14-4-1-2-9-6-10-8(7-12-9)3-5-13-10/h3,5-6,11H,1-2,4,7H2. The third kappa shape index (κ3) is 2.32. The number of allylic oxidation sites excluding steroid dienone is 1. The SMILES string of the molecule is OSCCCC1=Cc2sccc2CO1. The number of fused-ring (bicyclic) bond motifs is 1. The highest BCUT2D eigenvalue weighted by molar-refractivity contribution is 7.93. The predicted molar refractivity (Wildman–Crippen MR) is 61.4 cm³/mol. The van der Waals surface area contributed by atoms with Crippen LogP contribution in [0.25, 0.3) is 6.08 Å². The highest BCUT2D eigenvalue weighted by Crippen LogP contribution is 2.28. The van der Waals surface area contributed by atoms with Crippen molar-refractivity contribution >= 4 is 29.5 Å². The predicted octanol–water partition coefficient (Wildman–Crippen LogP) is 3.61. The smallest absolute Gasteiger partial charge is 0.114 e. The second-order valence-electron chi connectivity index (χ2n) is 3.15. The van der Waals surface area contributed by atoms with Gasteiger partial charge in [0.15, 0.2) is 0 Å². The highest BCUT2D eigenvalue weighted by atomic mass is 32.2. The minimum Gasteiger partial charge on any atom is -0.493 e. The molecule has 0 aromatic carbocycles. The quantitative estimate of drug-likeness (QED) is 0.630. The van der Waals surface area contributed by atoms with Crippen LogP contribution in [0.5, 0.6) is 0 Å². The van der Waals surface area contributed by atoms with Crippen LogP contribution in [0.15, 0.2) is 17.2 Å². The fourth-order valence-electron chi connectivity index (χ4n) is 1.41. The summed E-state index contributed by atoms with van der Waals surface area (Å²) < 4.78 is 14.2. The first-order chi connectivity index (χ1) is 6.90. The number of thiophene rings is 1. The maximum atomic E-state index is 8.58. The van der Waals surface area contributed by atoms with Crippen LogP contribution in [0.3, 0.4) is 0 Å². The van der Waals surface area contributed by atoms with Gasteiger partial charge in [0.25, 0.3) is 0 Å². The van der Waals surface area contributed by atoms with Gasteiger partial charge in [0.1, 0.15) is 6.61 Å². The molecule has 1 aliphatic rings. The first kappa shape index (κ1) is 10.1. The zero-order valence-electron chi connectivity index (χ0n) is 7.73. The van der Waals surface area contributed by atoms with E-state index in [9.17, 15) is 0 Å². The summed E-state index contributed by atoms with van der Waals surface area (Å²) in [5.74, 6) is 1.83. The molecule has 0 fully saturated rings. The fourth-order valence-corrected chi connectivity index (χ4v) is 2.54. The average molecular weight is 228 g/mol.